The molecule has 0 aliphatic heterocycles. The van der Waals surface area contributed by atoms with Gasteiger partial charge in [0.05, 0.1) is 11.0 Å². The quantitative estimate of drug-likeness (QED) is 0.111. The van der Waals surface area contributed by atoms with Crippen molar-refractivity contribution in [1.29, 1.82) is 0 Å². The molecule has 0 fully saturated rings. The third-order valence-corrected chi connectivity index (χ3v) is 9.79. The molecule has 0 bridgehead atoms. The Bertz CT molecular complexity index is 1460. The normalized spacial score (nSPS) is 15.2. The maximum Gasteiger partial charge on any atom is 0.417 e. The van der Waals surface area contributed by atoms with E-state index in [9.17, 15) is 18.0 Å². The molecule has 0 N–H and O–H groups in total. The highest BCUT2D eigenvalue weighted by molar-refractivity contribution is 8.00. The van der Waals surface area contributed by atoms with Gasteiger partial charge < -0.3 is 9.15 Å². The number of esters is 1. The van der Waals surface area contributed by atoms with Crippen LogP contribution >= 0.6 is 11.8 Å². The van der Waals surface area contributed by atoms with E-state index in [2.05, 4.69) is 55.4 Å². The highest BCUT2D eigenvalue weighted by Gasteiger charge is 2.49. The van der Waals surface area contributed by atoms with Crippen molar-refractivity contribution in [2.24, 2.45) is 16.2 Å². The molecule has 0 radical (unpaired) electrons. The summed E-state index contributed by atoms with van der Waals surface area (Å²) in [5.74, 6) is 0.0294. The molecule has 0 saturated carbocycles. The van der Waals surface area contributed by atoms with Crippen molar-refractivity contribution in [3.63, 3.8) is 0 Å². The first kappa shape index (κ1) is 37.1. The van der Waals surface area contributed by atoms with Crippen LogP contribution in [0.5, 0.6) is 0 Å². The van der Waals surface area contributed by atoms with E-state index < -0.39 is 22.8 Å². The van der Waals surface area contributed by atoms with Gasteiger partial charge in [0.2, 0.25) is 0 Å². The fraction of sp³-hybridized carbons (Fsp3) is 0.605. The van der Waals surface area contributed by atoms with Crippen LogP contribution in [0.1, 0.15) is 119 Å². The third-order valence-electron chi connectivity index (χ3n) is 8.69. The second kappa shape index (κ2) is 13.8. The maximum absolute atomic E-state index is 14.1. The van der Waals surface area contributed by atoms with E-state index in [0.717, 1.165) is 29.5 Å². The fourth-order valence-corrected chi connectivity index (χ4v) is 7.34. The number of benzene rings is 2. The molecule has 0 amide bonds. The second-order valence-corrected chi connectivity index (χ2v) is 17.3. The monoisotopic (exact) mass is 646 g/mol. The van der Waals surface area contributed by atoms with Crippen molar-refractivity contribution in [1.82, 2.24) is 0 Å². The molecule has 2 unspecified atom stereocenters. The van der Waals surface area contributed by atoms with E-state index >= 15 is 0 Å². The SMILES string of the molecule is CCCCCc1ccc(-c2cc3ccc(SC(C)CC(C)(C)OC(=O)C(C)(CC(C)(C)C)C(C)(C)C)cc3o2)c(C(F)(F)F)c1. The van der Waals surface area contributed by atoms with Crippen LogP contribution in [-0.4, -0.2) is 16.8 Å². The predicted octanol–water partition coefficient (Wildman–Crippen LogP) is 12.5. The van der Waals surface area contributed by atoms with E-state index in [4.69, 9.17) is 9.15 Å². The zero-order valence-corrected chi connectivity index (χ0v) is 29.9. The van der Waals surface area contributed by atoms with Crippen LogP contribution in [0.25, 0.3) is 22.3 Å². The number of ether oxygens (including phenoxy) is 1. The summed E-state index contributed by atoms with van der Waals surface area (Å²) in [6.45, 7) is 22.8. The van der Waals surface area contributed by atoms with Crippen LogP contribution < -0.4 is 0 Å². The van der Waals surface area contributed by atoms with E-state index in [0.29, 0.717) is 30.4 Å². The minimum absolute atomic E-state index is 0.0370. The van der Waals surface area contributed by atoms with Gasteiger partial charge in [-0.25, -0.2) is 0 Å². The molecule has 0 spiro atoms. The van der Waals surface area contributed by atoms with Crippen molar-refractivity contribution in [2.75, 3.05) is 0 Å². The summed E-state index contributed by atoms with van der Waals surface area (Å²) in [5, 5.41) is 0.844. The largest absolute Gasteiger partial charge is 0.459 e. The van der Waals surface area contributed by atoms with Gasteiger partial charge in [-0.15, -0.1) is 11.8 Å². The summed E-state index contributed by atoms with van der Waals surface area (Å²) < 4.78 is 54.5. The van der Waals surface area contributed by atoms with Gasteiger partial charge in [-0.3, -0.25) is 4.79 Å². The summed E-state index contributed by atoms with van der Waals surface area (Å²) in [4.78, 5) is 14.6. The fourth-order valence-electron chi connectivity index (χ4n) is 6.07. The lowest BCUT2D eigenvalue weighted by Gasteiger charge is -2.45. The van der Waals surface area contributed by atoms with Crippen LogP contribution in [0.15, 0.2) is 51.8 Å². The standard InChI is InChI=1S/C38H53F3O3S/c1-12-13-14-15-26-16-19-29(30(20-26)38(39,40)41)32-21-27-17-18-28(22-31(27)43-32)45-25(2)23-36(9,10)44-33(42)37(11,35(6,7)8)24-34(3,4)5/h16-22,25H,12-15,23-24H2,1-11H3. The molecule has 7 heteroatoms. The summed E-state index contributed by atoms with van der Waals surface area (Å²) in [6, 6.07) is 12.0. The van der Waals surface area contributed by atoms with Crippen LogP contribution in [0.2, 0.25) is 0 Å². The Hall–Kier alpha value is -2.41. The molecule has 2 atom stereocenters. The Labute approximate surface area is 273 Å². The molecular formula is C38H53F3O3S. The number of halogens is 3. The first-order valence-corrected chi connectivity index (χ1v) is 17.1. The van der Waals surface area contributed by atoms with E-state index in [-0.39, 0.29) is 33.4 Å². The first-order valence-electron chi connectivity index (χ1n) is 16.2. The van der Waals surface area contributed by atoms with Gasteiger partial charge in [-0.05, 0) is 93.2 Å². The number of furan rings is 1. The highest BCUT2D eigenvalue weighted by Crippen LogP contribution is 2.48. The van der Waals surface area contributed by atoms with Crippen LogP contribution in [0, 0.1) is 16.2 Å². The average Bonchev–Trinajstić information content (AvgIpc) is 3.29. The molecular weight excluding hydrogens is 593 g/mol. The van der Waals surface area contributed by atoms with E-state index in [1.165, 1.54) is 12.1 Å². The summed E-state index contributed by atoms with van der Waals surface area (Å²) in [5.41, 5.74) is -1.04. The lowest BCUT2D eigenvalue weighted by molar-refractivity contribution is -0.178. The van der Waals surface area contributed by atoms with Crippen molar-refractivity contribution in [3.05, 3.63) is 53.6 Å². The van der Waals surface area contributed by atoms with Crippen molar-refractivity contribution >= 4 is 28.7 Å². The summed E-state index contributed by atoms with van der Waals surface area (Å²) in [7, 11) is 0. The molecule has 2 aromatic carbocycles. The highest BCUT2D eigenvalue weighted by atomic mass is 32.2. The topological polar surface area (TPSA) is 39.4 Å². The molecule has 3 rings (SSSR count). The zero-order chi connectivity index (χ0) is 34.0. The summed E-state index contributed by atoms with van der Waals surface area (Å²) >= 11 is 1.63. The summed E-state index contributed by atoms with van der Waals surface area (Å²) in [6.07, 6.45) is 0.341. The first-order chi connectivity index (χ1) is 20.5. The second-order valence-electron chi connectivity index (χ2n) is 15.7. The molecule has 1 heterocycles. The Morgan fingerprint density at radius 1 is 0.911 bits per heavy atom. The molecule has 250 valence electrons. The van der Waals surface area contributed by atoms with Gasteiger partial charge in [0.15, 0.2) is 0 Å². The van der Waals surface area contributed by atoms with Gasteiger partial charge in [0.1, 0.15) is 16.9 Å². The Balaban J connectivity index is 1.77. The molecule has 3 nitrogen and oxygen atoms in total. The number of thioether (sulfide) groups is 1. The van der Waals surface area contributed by atoms with Crippen molar-refractivity contribution in [2.45, 2.75) is 137 Å². The van der Waals surface area contributed by atoms with Crippen LogP contribution in [0.4, 0.5) is 13.2 Å². The average molecular weight is 647 g/mol. The lowest BCUT2D eigenvalue weighted by atomic mass is 9.61. The maximum atomic E-state index is 14.1. The molecule has 0 aliphatic rings. The molecule has 0 aliphatic carbocycles. The van der Waals surface area contributed by atoms with Gasteiger partial charge in [0.25, 0.3) is 0 Å². The number of alkyl halides is 3. The van der Waals surface area contributed by atoms with E-state index in [1.54, 1.807) is 23.9 Å². The Kier molecular flexibility index (Phi) is 11.3. The molecule has 1 aromatic heterocycles. The lowest BCUT2D eigenvalue weighted by Crippen LogP contribution is -2.47. The van der Waals surface area contributed by atoms with Crippen LogP contribution in [-0.2, 0) is 22.1 Å². The smallest absolute Gasteiger partial charge is 0.417 e. The molecule has 3 aromatic rings. The van der Waals surface area contributed by atoms with Crippen molar-refractivity contribution in [3.8, 4) is 11.3 Å². The van der Waals surface area contributed by atoms with Gasteiger partial charge in [-0.2, -0.15) is 13.2 Å². The minimum Gasteiger partial charge on any atom is -0.459 e. The number of fused-ring (bicyclic) bond motifs is 1. The number of hydrogen-bond acceptors (Lipinski definition) is 4. The van der Waals surface area contributed by atoms with Crippen molar-refractivity contribution < 1.29 is 27.1 Å². The van der Waals surface area contributed by atoms with E-state index in [1.807, 2.05) is 39.0 Å². The number of carbonyl (C=O) groups is 1. The predicted molar refractivity (Wildman–Crippen MR) is 182 cm³/mol. The zero-order valence-electron chi connectivity index (χ0n) is 29.1. The number of hydrogen-bond donors (Lipinski definition) is 0. The number of aryl methyl sites for hydroxylation is 1. The van der Waals surface area contributed by atoms with Gasteiger partial charge in [-0.1, -0.05) is 80.4 Å². The third kappa shape index (κ3) is 9.79. The Morgan fingerprint density at radius 3 is 2.16 bits per heavy atom. The van der Waals surface area contributed by atoms with Crippen LogP contribution in [0.3, 0.4) is 0 Å². The number of rotatable bonds is 12. The minimum atomic E-state index is -4.49. The number of unbranched alkanes of at least 4 members (excludes halogenated alkanes) is 2. The number of carbonyl (C=O) groups excluding carboxylic acids is 1. The molecule has 45 heavy (non-hydrogen) atoms. The Morgan fingerprint density at radius 2 is 1.58 bits per heavy atom. The van der Waals surface area contributed by atoms with Gasteiger partial charge >= 0.3 is 12.1 Å². The molecule has 0 saturated heterocycles. The van der Waals surface area contributed by atoms with Gasteiger partial charge in [0, 0.05) is 21.1 Å².